The Labute approximate surface area is 164 Å². The molecule has 1 aliphatic heterocycles. The van der Waals surface area contributed by atoms with E-state index in [-0.39, 0.29) is 15.5 Å². The second-order valence-corrected chi connectivity index (χ2v) is 8.41. The Morgan fingerprint density at radius 2 is 1.68 bits per heavy atom. The highest BCUT2D eigenvalue weighted by atomic mass is 32.2. The molecule has 0 amide bonds. The van der Waals surface area contributed by atoms with Gasteiger partial charge in [0, 0.05) is 44.4 Å². The molecule has 2 aromatic rings. The summed E-state index contributed by atoms with van der Waals surface area (Å²) in [6.07, 6.45) is 0. The summed E-state index contributed by atoms with van der Waals surface area (Å²) in [5, 5.41) is 11.2. The molecule has 0 atom stereocenters. The molecule has 0 N–H and O–H groups in total. The Bertz CT molecular complexity index is 923. The predicted octanol–water partition coefficient (Wildman–Crippen LogP) is 2.50. The van der Waals surface area contributed by atoms with Crippen LogP contribution in [0.15, 0.2) is 53.4 Å². The Balaban J connectivity index is 1.64. The van der Waals surface area contributed by atoms with Gasteiger partial charge in [0.2, 0.25) is 10.0 Å². The molecule has 150 valence electrons. The van der Waals surface area contributed by atoms with Gasteiger partial charge in [-0.1, -0.05) is 18.2 Å². The number of nitro groups is 1. The number of piperazine rings is 1. The third kappa shape index (κ3) is 4.49. The fourth-order valence-corrected chi connectivity index (χ4v) is 4.64. The van der Waals surface area contributed by atoms with E-state index in [1.165, 1.54) is 10.4 Å². The third-order valence-electron chi connectivity index (χ3n) is 4.69. The fourth-order valence-electron chi connectivity index (χ4n) is 3.22. The lowest BCUT2D eigenvalue weighted by molar-refractivity contribution is -0.385. The van der Waals surface area contributed by atoms with E-state index in [9.17, 15) is 18.5 Å². The number of rotatable bonds is 7. The summed E-state index contributed by atoms with van der Waals surface area (Å²) in [6.45, 7) is 4.53. The summed E-state index contributed by atoms with van der Waals surface area (Å²) in [7, 11) is -3.57. The van der Waals surface area contributed by atoms with Gasteiger partial charge in [-0.25, -0.2) is 8.42 Å². The first-order valence-corrected chi connectivity index (χ1v) is 10.5. The molecule has 0 aliphatic carbocycles. The van der Waals surface area contributed by atoms with Crippen molar-refractivity contribution in [2.24, 2.45) is 0 Å². The standard InChI is InChI=1S/C19H23N3O5S/c1-2-27-17-7-9-18(10-8-17)28(25,26)21-13-11-20(12-14-21)15-16-5-3-4-6-19(16)22(23)24/h3-10H,2,11-15H2,1H3. The Morgan fingerprint density at radius 3 is 2.29 bits per heavy atom. The summed E-state index contributed by atoms with van der Waals surface area (Å²) in [6, 6.07) is 13.1. The summed E-state index contributed by atoms with van der Waals surface area (Å²) >= 11 is 0. The van der Waals surface area contributed by atoms with Crippen LogP contribution in [0.5, 0.6) is 5.75 Å². The quantitative estimate of drug-likeness (QED) is 0.519. The maximum Gasteiger partial charge on any atom is 0.273 e. The average Bonchev–Trinajstić information content (AvgIpc) is 2.69. The average molecular weight is 405 g/mol. The van der Waals surface area contributed by atoms with Crippen LogP contribution in [0, 0.1) is 10.1 Å². The van der Waals surface area contributed by atoms with Gasteiger partial charge in [-0.05, 0) is 31.2 Å². The Kier molecular flexibility index (Phi) is 6.28. The highest BCUT2D eigenvalue weighted by Gasteiger charge is 2.29. The van der Waals surface area contributed by atoms with Gasteiger partial charge in [0.15, 0.2) is 0 Å². The van der Waals surface area contributed by atoms with E-state index in [1.807, 2.05) is 11.8 Å². The lowest BCUT2D eigenvalue weighted by Gasteiger charge is -2.33. The number of benzene rings is 2. The number of ether oxygens (including phenoxy) is 1. The van der Waals surface area contributed by atoms with Gasteiger partial charge in [0.1, 0.15) is 5.75 Å². The van der Waals surface area contributed by atoms with Crippen molar-refractivity contribution in [2.75, 3.05) is 32.8 Å². The molecule has 0 radical (unpaired) electrons. The molecule has 1 saturated heterocycles. The molecule has 0 aromatic heterocycles. The maximum absolute atomic E-state index is 12.8. The molecule has 8 nitrogen and oxygen atoms in total. The maximum atomic E-state index is 12.8. The zero-order valence-corrected chi connectivity index (χ0v) is 16.5. The molecule has 0 bridgehead atoms. The van der Waals surface area contributed by atoms with Crippen LogP contribution in [0.4, 0.5) is 5.69 Å². The van der Waals surface area contributed by atoms with Gasteiger partial charge < -0.3 is 4.74 Å². The molecule has 9 heteroatoms. The highest BCUT2D eigenvalue weighted by Crippen LogP contribution is 2.23. The fraction of sp³-hybridized carbons (Fsp3) is 0.368. The van der Waals surface area contributed by atoms with Crippen LogP contribution in [-0.2, 0) is 16.6 Å². The molecular weight excluding hydrogens is 382 g/mol. The number of hydrogen-bond donors (Lipinski definition) is 0. The van der Waals surface area contributed by atoms with Crippen molar-refractivity contribution in [2.45, 2.75) is 18.4 Å². The lowest BCUT2D eigenvalue weighted by atomic mass is 10.1. The SMILES string of the molecule is CCOc1ccc(S(=O)(=O)N2CCN(Cc3ccccc3[N+](=O)[O-])CC2)cc1. The predicted molar refractivity (Wildman–Crippen MR) is 105 cm³/mol. The van der Waals surface area contributed by atoms with E-state index >= 15 is 0 Å². The van der Waals surface area contributed by atoms with E-state index in [2.05, 4.69) is 0 Å². The van der Waals surface area contributed by atoms with Gasteiger partial charge >= 0.3 is 0 Å². The molecule has 0 spiro atoms. The number of sulfonamides is 1. The van der Waals surface area contributed by atoms with Gasteiger partial charge in [-0.15, -0.1) is 0 Å². The van der Waals surface area contributed by atoms with Crippen molar-refractivity contribution in [1.29, 1.82) is 0 Å². The van der Waals surface area contributed by atoms with Crippen molar-refractivity contribution in [3.8, 4) is 5.75 Å². The van der Waals surface area contributed by atoms with E-state index < -0.39 is 10.0 Å². The molecular formula is C19H23N3O5S. The number of nitrogens with zero attached hydrogens (tertiary/aromatic N) is 3. The van der Waals surface area contributed by atoms with Crippen LogP contribution in [0.2, 0.25) is 0 Å². The second kappa shape index (κ2) is 8.68. The van der Waals surface area contributed by atoms with Crippen molar-refractivity contribution >= 4 is 15.7 Å². The number of hydrogen-bond acceptors (Lipinski definition) is 6. The van der Waals surface area contributed by atoms with Gasteiger partial charge in [-0.2, -0.15) is 4.31 Å². The summed E-state index contributed by atoms with van der Waals surface area (Å²) in [4.78, 5) is 13.0. The minimum absolute atomic E-state index is 0.0898. The lowest BCUT2D eigenvalue weighted by Crippen LogP contribution is -2.48. The van der Waals surface area contributed by atoms with Crippen molar-refractivity contribution in [1.82, 2.24) is 9.21 Å². The van der Waals surface area contributed by atoms with Crippen LogP contribution in [0.25, 0.3) is 0 Å². The molecule has 3 rings (SSSR count). The third-order valence-corrected chi connectivity index (χ3v) is 6.60. The second-order valence-electron chi connectivity index (χ2n) is 6.47. The van der Waals surface area contributed by atoms with Crippen LogP contribution in [0.3, 0.4) is 0 Å². The van der Waals surface area contributed by atoms with Gasteiger partial charge in [-0.3, -0.25) is 15.0 Å². The summed E-state index contributed by atoms with van der Waals surface area (Å²) < 4.78 is 32.5. The monoisotopic (exact) mass is 405 g/mol. The van der Waals surface area contributed by atoms with Crippen LogP contribution < -0.4 is 4.74 Å². The Hall–Kier alpha value is -2.49. The first-order chi connectivity index (χ1) is 13.4. The van der Waals surface area contributed by atoms with Crippen LogP contribution in [-0.4, -0.2) is 55.3 Å². The molecule has 1 heterocycles. The van der Waals surface area contributed by atoms with Gasteiger partial charge in [0.05, 0.1) is 16.4 Å². The van der Waals surface area contributed by atoms with Crippen molar-refractivity contribution in [3.05, 3.63) is 64.2 Å². The molecule has 1 aliphatic rings. The van der Waals surface area contributed by atoms with E-state index in [1.54, 1.807) is 42.5 Å². The van der Waals surface area contributed by atoms with Crippen LogP contribution in [0.1, 0.15) is 12.5 Å². The summed E-state index contributed by atoms with van der Waals surface area (Å²) in [5.41, 5.74) is 0.724. The van der Waals surface area contributed by atoms with Crippen molar-refractivity contribution in [3.63, 3.8) is 0 Å². The van der Waals surface area contributed by atoms with Crippen LogP contribution >= 0.6 is 0 Å². The molecule has 0 unspecified atom stereocenters. The normalized spacial score (nSPS) is 16.0. The Morgan fingerprint density at radius 1 is 1.04 bits per heavy atom. The highest BCUT2D eigenvalue weighted by molar-refractivity contribution is 7.89. The molecule has 2 aromatic carbocycles. The minimum Gasteiger partial charge on any atom is -0.494 e. The number of nitro benzene ring substituents is 1. The first-order valence-electron chi connectivity index (χ1n) is 9.09. The molecule has 0 saturated carbocycles. The molecule has 28 heavy (non-hydrogen) atoms. The van der Waals surface area contributed by atoms with E-state index in [0.29, 0.717) is 50.6 Å². The van der Waals surface area contributed by atoms with E-state index in [0.717, 1.165) is 0 Å². The minimum atomic E-state index is -3.57. The van der Waals surface area contributed by atoms with E-state index in [4.69, 9.17) is 4.74 Å². The topological polar surface area (TPSA) is 93.0 Å². The largest absolute Gasteiger partial charge is 0.494 e. The summed E-state index contributed by atoms with van der Waals surface area (Å²) in [5.74, 6) is 0.635. The zero-order valence-electron chi connectivity index (χ0n) is 15.7. The van der Waals surface area contributed by atoms with Crippen molar-refractivity contribution < 1.29 is 18.1 Å². The zero-order chi connectivity index (χ0) is 20.1. The smallest absolute Gasteiger partial charge is 0.273 e. The first kappa shape index (κ1) is 20.2. The number of para-hydroxylation sites is 1. The molecule has 1 fully saturated rings. The van der Waals surface area contributed by atoms with Gasteiger partial charge in [0.25, 0.3) is 5.69 Å².